The molecule has 0 amide bonds. The molecule has 2 aliphatic heterocycles. The maximum atomic E-state index is 12.3. The first kappa shape index (κ1) is 32.3. The predicted octanol–water partition coefficient (Wildman–Crippen LogP) is 9.79. The Morgan fingerprint density at radius 3 is 2.70 bits per heavy atom. The molecule has 0 N–H and O–H groups in total. The molecule has 0 saturated heterocycles. The SMILES string of the molecule is CCC/C(=C\CC/C=C/c1ccc(C2=CCC3=CN=CC=C(N4CC/C=C(\C(=O)OCC)CCC4)C3=C2)cc1)CC(C)C. The van der Waals surface area contributed by atoms with Crippen molar-refractivity contribution in [2.45, 2.75) is 85.5 Å². The van der Waals surface area contributed by atoms with E-state index in [9.17, 15) is 4.79 Å². The summed E-state index contributed by atoms with van der Waals surface area (Å²) in [6, 6.07) is 8.94. The third kappa shape index (κ3) is 9.68. The smallest absolute Gasteiger partial charge is 0.333 e. The van der Waals surface area contributed by atoms with E-state index in [-0.39, 0.29) is 5.97 Å². The summed E-state index contributed by atoms with van der Waals surface area (Å²) in [5.41, 5.74) is 9.89. The number of unbranched alkanes of at least 4 members (excludes halogenated alkanes) is 1. The van der Waals surface area contributed by atoms with E-state index in [4.69, 9.17) is 4.74 Å². The highest BCUT2D eigenvalue weighted by atomic mass is 16.5. The van der Waals surface area contributed by atoms with Gasteiger partial charge >= 0.3 is 5.97 Å². The summed E-state index contributed by atoms with van der Waals surface area (Å²) >= 11 is 0. The number of fused-ring (bicyclic) bond motifs is 1. The largest absolute Gasteiger partial charge is 0.463 e. The van der Waals surface area contributed by atoms with Gasteiger partial charge in [0.05, 0.1) is 6.61 Å². The van der Waals surface area contributed by atoms with Crippen molar-refractivity contribution in [2.75, 3.05) is 19.7 Å². The molecule has 1 aliphatic carbocycles. The molecular weight excluding hydrogens is 528 g/mol. The zero-order valence-electron chi connectivity index (χ0n) is 26.8. The summed E-state index contributed by atoms with van der Waals surface area (Å²) in [4.78, 5) is 19.2. The fourth-order valence-electron chi connectivity index (χ4n) is 6.05. The van der Waals surface area contributed by atoms with Gasteiger partial charge in [-0.25, -0.2) is 4.79 Å². The Balaban J connectivity index is 1.41. The van der Waals surface area contributed by atoms with Gasteiger partial charge < -0.3 is 9.64 Å². The molecule has 0 bridgehead atoms. The van der Waals surface area contributed by atoms with Gasteiger partial charge in [-0.1, -0.05) is 87.4 Å². The van der Waals surface area contributed by atoms with Crippen molar-refractivity contribution in [1.82, 2.24) is 4.90 Å². The minimum atomic E-state index is -0.163. The van der Waals surface area contributed by atoms with E-state index in [1.54, 1.807) is 5.57 Å². The van der Waals surface area contributed by atoms with Crippen LogP contribution in [0.25, 0.3) is 11.6 Å². The topological polar surface area (TPSA) is 41.9 Å². The van der Waals surface area contributed by atoms with Crippen LogP contribution in [0.2, 0.25) is 0 Å². The number of esters is 1. The molecule has 43 heavy (non-hydrogen) atoms. The van der Waals surface area contributed by atoms with Crippen LogP contribution >= 0.6 is 0 Å². The van der Waals surface area contributed by atoms with Gasteiger partial charge in [-0.15, -0.1) is 0 Å². The van der Waals surface area contributed by atoms with Crippen LogP contribution in [0, 0.1) is 5.92 Å². The van der Waals surface area contributed by atoms with Crippen LogP contribution in [-0.4, -0.2) is 36.8 Å². The molecule has 3 aliphatic rings. The lowest BCUT2D eigenvalue weighted by Crippen LogP contribution is -2.29. The van der Waals surface area contributed by atoms with E-state index in [2.05, 4.69) is 97.5 Å². The Bertz CT molecular complexity index is 1350. The first-order valence-corrected chi connectivity index (χ1v) is 16.4. The first-order chi connectivity index (χ1) is 21.0. The Morgan fingerprint density at radius 1 is 1.09 bits per heavy atom. The van der Waals surface area contributed by atoms with E-state index < -0.39 is 0 Å². The third-order valence-electron chi connectivity index (χ3n) is 8.12. The molecule has 4 nitrogen and oxygen atoms in total. The number of hydrogen-bond donors (Lipinski definition) is 0. The van der Waals surface area contributed by atoms with Crippen molar-refractivity contribution < 1.29 is 9.53 Å². The van der Waals surface area contributed by atoms with Crippen LogP contribution < -0.4 is 0 Å². The molecule has 0 spiro atoms. The van der Waals surface area contributed by atoms with Gasteiger partial charge in [-0.2, -0.15) is 0 Å². The lowest BCUT2D eigenvalue weighted by atomic mass is 9.88. The average molecular weight is 579 g/mol. The number of allylic oxidation sites excluding steroid dienone is 8. The van der Waals surface area contributed by atoms with Gasteiger partial charge in [0.25, 0.3) is 0 Å². The van der Waals surface area contributed by atoms with E-state index >= 15 is 0 Å². The van der Waals surface area contributed by atoms with Gasteiger partial charge in [-0.3, -0.25) is 4.99 Å². The third-order valence-corrected chi connectivity index (χ3v) is 8.12. The first-order valence-electron chi connectivity index (χ1n) is 16.4. The molecule has 0 radical (unpaired) electrons. The highest BCUT2D eigenvalue weighted by Gasteiger charge is 2.23. The van der Waals surface area contributed by atoms with Crippen LogP contribution in [0.4, 0.5) is 0 Å². The van der Waals surface area contributed by atoms with E-state index in [0.29, 0.717) is 6.61 Å². The molecule has 1 aromatic rings. The molecule has 0 saturated carbocycles. The quantitative estimate of drug-likeness (QED) is 0.141. The standard InChI is InChI=1S/C39H50N2O2/c1-5-12-32(27-30(3)4)14-9-7-8-13-31-17-19-33(20-18-31)35-21-22-36-29-40-24-23-38(37(36)28-35)41-25-10-15-34(16-11-26-41)39(42)43-6-2/h8,13-15,17-21,23-24,28-30H,5-7,9-12,16,22,25-27H2,1-4H3/b13-8+,32-14+,34-15-. The number of ether oxygens (including phenoxy) is 1. The zero-order chi connectivity index (χ0) is 30.4. The average Bonchev–Trinajstić information content (AvgIpc) is 3.19. The molecule has 2 heterocycles. The zero-order valence-corrected chi connectivity index (χ0v) is 26.8. The van der Waals surface area contributed by atoms with Crippen LogP contribution in [0.15, 0.2) is 99.9 Å². The number of rotatable bonds is 12. The van der Waals surface area contributed by atoms with Crippen LogP contribution in [0.1, 0.15) is 96.6 Å². The normalized spacial score (nSPS) is 19.0. The van der Waals surface area contributed by atoms with Crippen molar-refractivity contribution in [2.24, 2.45) is 10.9 Å². The number of nitrogens with zero attached hydrogens (tertiary/aromatic N) is 2. The summed E-state index contributed by atoms with van der Waals surface area (Å²) in [6.45, 7) is 10.9. The van der Waals surface area contributed by atoms with E-state index in [0.717, 1.165) is 63.1 Å². The van der Waals surface area contributed by atoms with Gasteiger partial charge in [0, 0.05) is 42.3 Å². The van der Waals surface area contributed by atoms with Gasteiger partial charge in [0.1, 0.15) is 0 Å². The molecule has 0 aromatic heterocycles. The number of carbonyl (C=O) groups excluding carboxylic acids is 1. The molecule has 0 atom stereocenters. The van der Waals surface area contributed by atoms with Crippen molar-refractivity contribution in [3.63, 3.8) is 0 Å². The summed E-state index contributed by atoms with van der Waals surface area (Å²) in [5, 5.41) is 0. The number of carbonyl (C=O) groups is 1. The number of aliphatic imine (C=N–C) groups is 1. The summed E-state index contributed by atoms with van der Waals surface area (Å²) in [6.07, 6.45) is 29.0. The van der Waals surface area contributed by atoms with Crippen molar-refractivity contribution in [1.29, 1.82) is 0 Å². The van der Waals surface area contributed by atoms with Crippen molar-refractivity contribution in [3.8, 4) is 0 Å². The Labute approximate surface area is 260 Å². The minimum Gasteiger partial charge on any atom is -0.463 e. The van der Waals surface area contributed by atoms with Gasteiger partial charge in [0.2, 0.25) is 0 Å². The molecular formula is C39H50N2O2. The van der Waals surface area contributed by atoms with Crippen LogP contribution in [-0.2, 0) is 9.53 Å². The fraction of sp³-hybridized carbons (Fsp3) is 0.436. The summed E-state index contributed by atoms with van der Waals surface area (Å²) < 4.78 is 5.25. The Kier molecular flexibility index (Phi) is 12.6. The van der Waals surface area contributed by atoms with Crippen molar-refractivity contribution >= 4 is 23.8 Å². The van der Waals surface area contributed by atoms with Gasteiger partial charge in [-0.05, 0) is 98.6 Å². The summed E-state index contributed by atoms with van der Waals surface area (Å²) in [5.74, 6) is 0.565. The molecule has 1 aromatic carbocycles. The molecule has 0 unspecified atom stereocenters. The highest BCUT2D eigenvalue weighted by Crippen LogP contribution is 2.36. The number of benzene rings is 1. The predicted molar refractivity (Wildman–Crippen MR) is 183 cm³/mol. The lowest BCUT2D eigenvalue weighted by molar-refractivity contribution is -0.138. The van der Waals surface area contributed by atoms with Gasteiger partial charge in [0.15, 0.2) is 0 Å². The monoisotopic (exact) mass is 578 g/mol. The van der Waals surface area contributed by atoms with Crippen LogP contribution in [0.3, 0.4) is 0 Å². The van der Waals surface area contributed by atoms with E-state index in [1.807, 2.05) is 19.3 Å². The van der Waals surface area contributed by atoms with Crippen LogP contribution in [0.5, 0.6) is 0 Å². The summed E-state index contributed by atoms with van der Waals surface area (Å²) in [7, 11) is 0. The Morgan fingerprint density at radius 2 is 1.93 bits per heavy atom. The second kappa shape index (κ2) is 16.8. The maximum Gasteiger partial charge on any atom is 0.333 e. The second-order valence-electron chi connectivity index (χ2n) is 12.1. The fourth-order valence-corrected chi connectivity index (χ4v) is 6.05. The second-order valence-corrected chi connectivity index (χ2v) is 12.1. The van der Waals surface area contributed by atoms with E-state index in [1.165, 1.54) is 52.8 Å². The number of hydrogen-bond acceptors (Lipinski definition) is 4. The highest BCUT2D eigenvalue weighted by molar-refractivity contribution is 5.88. The molecule has 228 valence electrons. The van der Waals surface area contributed by atoms with Crippen molar-refractivity contribution in [3.05, 3.63) is 106 Å². The Hall–Kier alpha value is -3.66. The maximum absolute atomic E-state index is 12.3. The minimum absolute atomic E-state index is 0.163. The lowest BCUT2D eigenvalue weighted by Gasteiger charge is -2.31. The molecule has 4 rings (SSSR count). The molecule has 0 fully saturated rings. The molecule has 4 heteroatoms.